The molecular formula is C15H14BrClN2O2. The summed E-state index contributed by atoms with van der Waals surface area (Å²) >= 11 is 9.14. The molecular weight excluding hydrogens is 356 g/mol. The van der Waals surface area contributed by atoms with E-state index < -0.39 is 0 Å². The quantitative estimate of drug-likeness (QED) is 0.772. The van der Waals surface area contributed by atoms with Crippen molar-refractivity contribution in [3.63, 3.8) is 0 Å². The van der Waals surface area contributed by atoms with Crippen LogP contribution in [0.5, 0.6) is 5.75 Å². The van der Waals surface area contributed by atoms with Gasteiger partial charge in [0.25, 0.3) is 0 Å². The molecule has 0 heterocycles. The lowest BCUT2D eigenvalue weighted by atomic mass is 10.3. The summed E-state index contributed by atoms with van der Waals surface area (Å²) in [5.41, 5.74) is 0.685. The predicted molar refractivity (Wildman–Crippen MR) is 88.1 cm³/mol. The minimum Gasteiger partial charge on any atom is -0.492 e. The largest absolute Gasteiger partial charge is 0.492 e. The van der Waals surface area contributed by atoms with Gasteiger partial charge in [-0.1, -0.05) is 33.6 Å². The predicted octanol–water partition coefficient (Wildman–Crippen LogP) is 4.30. The smallest absolute Gasteiger partial charge is 0.319 e. The Hall–Kier alpha value is -1.72. The molecule has 0 fully saturated rings. The molecule has 0 aromatic heterocycles. The Morgan fingerprint density at radius 1 is 1.19 bits per heavy atom. The van der Waals surface area contributed by atoms with E-state index in [1.165, 1.54) is 0 Å². The number of hydrogen-bond donors (Lipinski definition) is 2. The molecule has 6 heteroatoms. The molecule has 0 saturated heterocycles. The van der Waals surface area contributed by atoms with Crippen molar-refractivity contribution >= 4 is 39.2 Å². The van der Waals surface area contributed by atoms with Crippen molar-refractivity contribution in [2.75, 3.05) is 18.5 Å². The highest BCUT2D eigenvalue weighted by Crippen LogP contribution is 2.17. The Morgan fingerprint density at radius 3 is 2.67 bits per heavy atom. The number of urea groups is 1. The third-order valence-corrected chi connectivity index (χ3v) is 3.30. The van der Waals surface area contributed by atoms with Crippen molar-refractivity contribution in [3.8, 4) is 5.75 Å². The second kappa shape index (κ2) is 7.90. The maximum atomic E-state index is 11.6. The summed E-state index contributed by atoms with van der Waals surface area (Å²) in [6.07, 6.45) is 0. The molecule has 0 aliphatic heterocycles. The number of ether oxygens (including phenoxy) is 1. The topological polar surface area (TPSA) is 50.4 Å². The van der Waals surface area contributed by atoms with Crippen LogP contribution in [0.25, 0.3) is 0 Å². The van der Waals surface area contributed by atoms with E-state index in [0.29, 0.717) is 23.9 Å². The first-order valence-electron chi connectivity index (χ1n) is 6.32. The number of amides is 2. The number of halogens is 2. The molecule has 2 aromatic carbocycles. The molecule has 0 spiro atoms. The second-order valence-corrected chi connectivity index (χ2v) is 5.55. The summed E-state index contributed by atoms with van der Waals surface area (Å²) in [7, 11) is 0. The summed E-state index contributed by atoms with van der Waals surface area (Å²) in [5, 5.41) is 6.04. The zero-order valence-corrected chi connectivity index (χ0v) is 13.4. The molecule has 0 unspecified atom stereocenters. The van der Waals surface area contributed by atoms with E-state index in [4.69, 9.17) is 16.3 Å². The van der Waals surface area contributed by atoms with Crippen LogP contribution in [-0.2, 0) is 0 Å². The molecule has 21 heavy (non-hydrogen) atoms. The summed E-state index contributed by atoms with van der Waals surface area (Å²) in [6.45, 7) is 0.802. The van der Waals surface area contributed by atoms with E-state index in [1.54, 1.807) is 24.3 Å². The lowest BCUT2D eigenvalue weighted by Crippen LogP contribution is -2.32. The number of nitrogens with one attached hydrogen (secondary N) is 2. The van der Waals surface area contributed by atoms with Crippen LogP contribution in [0, 0.1) is 0 Å². The van der Waals surface area contributed by atoms with Crippen molar-refractivity contribution in [3.05, 3.63) is 58.0 Å². The molecule has 0 bridgehead atoms. The number of carbonyl (C=O) groups is 1. The van der Waals surface area contributed by atoms with E-state index in [9.17, 15) is 4.79 Å². The van der Waals surface area contributed by atoms with Crippen LogP contribution in [0.1, 0.15) is 0 Å². The van der Waals surface area contributed by atoms with E-state index in [-0.39, 0.29) is 6.03 Å². The van der Waals surface area contributed by atoms with Gasteiger partial charge in [-0.2, -0.15) is 0 Å². The number of anilines is 1. The maximum absolute atomic E-state index is 11.6. The number of benzene rings is 2. The van der Waals surface area contributed by atoms with Gasteiger partial charge in [0, 0.05) is 15.2 Å². The molecule has 0 radical (unpaired) electrons. The second-order valence-electron chi connectivity index (χ2n) is 4.19. The Morgan fingerprint density at radius 2 is 1.95 bits per heavy atom. The SMILES string of the molecule is O=C(NCCOc1cccc(Br)c1)Nc1ccc(Cl)cc1. The molecule has 2 rings (SSSR count). The van der Waals surface area contributed by atoms with Gasteiger partial charge in [0.05, 0.1) is 6.54 Å². The maximum Gasteiger partial charge on any atom is 0.319 e. The Kier molecular flexibility index (Phi) is 5.90. The lowest BCUT2D eigenvalue weighted by Gasteiger charge is -2.09. The Labute approximate surface area is 136 Å². The van der Waals surface area contributed by atoms with Crippen molar-refractivity contribution in [2.45, 2.75) is 0 Å². The molecule has 0 aliphatic rings. The van der Waals surface area contributed by atoms with Crippen LogP contribution in [0.3, 0.4) is 0 Å². The highest BCUT2D eigenvalue weighted by molar-refractivity contribution is 9.10. The lowest BCUT2D eigenvalue weighted by molar-refractivity contribution is 0.247. The first-order chi connectivity index (χ1) is 10.1. The van der Waals surface area contributed by atoms with Gasteiger partial charge in [-0.25, -0.2) is 4.79 Å². The van der Waals surface area contributed by atoms with Crippen LogP contribution >= 0.6 is 27.5 Å². The van der Waals surface area contributed by atoms with Crippen LogP contribution in [0.15, 0.2) is 53.0 Å². The van der Waals surface area contributed by atoms with Crippen molar-refractivity contribution in [1.82, 2.24) is 5.32 Å². The normalized spacial score (nSPS) is 10.0. The average molecular weight is 370 g/mol. The fourth-order valence-electron chi connectivity index (χ4n) is 1.60. The third kappa shape index (κ3) is 5.65. The standard InChI is InChI=1S/C15H14BrClN2O2/c16-11-2-1-3-14(10-11)21-9-8-18-15(20)19-13-6-4-12(17)5-7-13/h1-7,10H,8-9H2,(H2,18,19,20). The van der Waals surface area contributed by atoms with Crippen LogP contribution < -0.4 is 15.4 Å². The third-order valence-electron chi connectivity index (χ3n) is 2.55. The molecule has 0 saturated carbocycles. The number of hydrogen-bond acceptors (Lipinski definition) is 2. The summed E-state index contributed by atoms with van der Waals surface area (Å²) < 4.78 is 6.47. The van der Waals surface area contributed by atoms with Gasteiger partial charge in [0.2, 0.25) is 0 Å². The molecule has 0 aliphatic carbocycles. The zero-order valence-electron chi connectivity index (χ0n) is 11.1. The van der Waals surface area contributed by atoms with Gasteiger partial charge in [-0.15, -0.1) is 0 Å². The minimum absolute atomic E-state index is 0.282. The van der Waals surface area contributed by atoms with Gasteiger partial charge in [-0.05, 0) is 42.5 Å². The molecule has 110 valence electrons. The highest BCUT2D eigenvalue weighted by atomic mass is 79.9. The molecule has 2 amide bonds. The van der Waals surface area contributed by atoms with Crippen molar-refractivity contribution in [2.24, 2.45) is 0 Å². The number of rotatable bonds is 5. The Bertz CT molecular complexity index is 605. The van der Waals surface area contributed by atoms with E-state index >= 15 is 0 Å². The molecule has 2 aromatic rings. The van der Waals surface area contributed by atoms with Gasteiger partial charge in [0.15, 0.2) is 0 Å². The fraction of sp³-hybridized carbons (Fsp3) is 0.133. The van der Waals surface area contributed by atoms with Gasteiger partial charge >= 0.3 is 6.03 Å². The van der Waals surface area contributed by atoms with E-state index in [2.05, 4.69) is 26.6 Å². The van der Waals surface area contributed by atoms with E-state index in [0.717, 1.165) is 10.2 Å². The van der Waals surface area contributed by atoms with Crippen LogP contribution in [0.4, 0.5) is 10.5 Å². The van der Waals surface area contributed by atoms with Gasteiger partial charge in [0.1, 0.15) is 12.4 Å². The molecule has 2 N–H and O–H groups in total. The van der Waals surface area contributed by atoms with Crippen molar-refractivity contribution in [1.29, 1.82) is 0 Å². The van der Waals surface area contributed by atoms with Crippen LogP contribution in [-0.4, -0.2) is 19.2 Å². The Balaban J connectivity index is 1.68. The van der Waals surface area contributed by atoms with Gasteiger partial charge < -0.3 is 15.4 Å². The monoisotopic (exact) mass is 368 g/mol. The highest BCUT2D eigenvalue weighted by Gasteiger charge is 2.01. The fourth-order valence-corrected chi connectivity index (χ4v) is 2.10. The zero-order chi connectivity index (χ0) is 15.1. The average Bonchev–Trinajstić information content (AvgIpc) is 2.46. The number of carbonyl (C=O) groups excluding carboxylic acids is 1. The summed E-state index contributed by atoms with van der Waals surface area (Å²) in [4.78, 5) is 11.6. The minimum atomic E-state index is -0.282. The molecule has 4 nitrogen and oxygen atoms in total. The van der Waals surface area contributed by atoms with Gasteiger partial charge in [-0.3, -0.25) is 0 Å². The van der Waals surface area contributed by atoms with E-state index in [1.807, 2.05) is 24.3 Å². The first-order valence-corrected chi connectivity index (χ1v) is 7.49. The molecule has 0 atom stereocenters. The summed E-state index contributed by atoms with van der Waals surface area (Å²) in [6, 6.07) is 14.2. The first kappa shape index (κ1) is 15.7. The van der Waals surface area contributed by atoms with Crippen molar-refractivity contribution < 1.29 is 9.53 Å². The van der Waals surface area contributed by atoms with Crippen LogP contribution in [0.2, 0.25) is 5.02 Å². The summed E-state index contributed by atoms with van der Waals surface area (Å²) in [5.74, 6) is 0.754.